The summed E-state index contributed by atoms with van der Waals surface area (Å²) in [5, 5.41) is 11.7. The Balaban J connectivity index is 1.98. The minimum atomic E-state index is -0.995. The smallest absolute Gasteiger partial charge is 0.336 e. The van der Waals surface area contributed by atoms with Gasteiger partial charge in [-0.25, -0.2) is 4.79 Å². The van der Waals surface area contributed by atoms with Crippen molar-refractivity contribution < 1.29 is 14.7 Å². The number of benzene rings is 2. The topological polar surface area (TPSA) is 66.4 Å². The summed E-state index contributed by atoms with van der Waals surface area (Å²) in [6.07, 6.45) is 0. The molecule has 0 aliphatic carbocycles. The van der Waals surface area contributed by atoms with E-state index in [1.807, 2.05) is 37.3 Å². The van der Waals surface area contributed by atoms with Crippen LogP contribution in [0.3, 0.4) is 0 Å². The first-order chi connectivity index (χ1) is 11.0. The second-order valence-electron chi connectivity index (χ2n) is 5.21. The molecule has 0 saturated carbocycles. The van der Waals surface area contributed by atoms with Gasteiger partial charge in [-0.15, -0.1) is 11.8 Å². The van der Waals surface area contributed by atoms with Crippen LogP contribution in [0.1, 0.15) is 28.4 Å². The SMILES string of the molecule is Cc1c(NC(=O)[C@@H](C)SCc2ccccc2)cccc1C(=O)O. The Morgan fingerprint density at radius 3 is 2.48 bits per heavy atom. The van der Waals surface area contributed by atoms with Gasteiger partial charge in [0.05, 0.1) is 10.8 Å². The van der Waals surface area contributed by atoms with Gasteiger partial charge in [-0.3, -0.25) is 4.79 Å². The van der Waals surface area contributed by atoms with Gasteiger partial charge in [0, 0.05) is 11.4 Å². The monoisotopic (exact) mass is 329 g/mol. The average Bonchev–Trinajstić information content (AvgIpc) is 2.55. The molecule has 0 aliphatic heterocycles. The number of nitrogens with one attached hydrogen (secondary N) is 1. The molecule has 4 nitrogen and oxygen atoms in total. The average molecular weight is 329 g/mol. The molecular formula is C18H19NO3S. The van der Waals surface area contributed by atoms with Crippen LogP contribution in [0.2, 0.25) is 0 Å². The molecule has 2 aromatic carbocycles. The Hall–Kier alpha value is -2.27. The van der Waals surface area contributed by atoms with E-state index in [1.165, 1.54) is 11.6 Å². The number of hydrogen-bond donors (Lipinski definition) is 2. The predicted molar refractivity (Wildman–Crippen MR) is 94.0 cm³/mol. The summed E-state index contributed by atoms with van der Waals surface area (Å²) in [5.74, 6) is -0.370. The maximum atomic E-state index is 12.3. The van der Waals surface area contributed by atoms with E-state index in [-0.39, 0.29) is 16.7 Å². The highest BCUT2D eigenvalue weighted by atomic mass is 32.2. The lowest BCUT2D eigenvalue weighted by Crippen LogP contribution is -2.23. The third kappa shape index (κ3) is 4.60. The Kier molecular flexibility index (Phi) is 5.82. The van der Waals surface area contributed by atoms with Gasteiger partial charge in [-0.05, 0) is 37.1 Å². The van der Waals surface area contributed by atoms with Crippen LogP contribution in [0.5, 0.6) is 0 Å². The fourth-order valence-electron chi connectivity index (χ4n) is 2.11. The van der Waals surface area contributed by atoms with E-state index in [2.05, 4.69) is 5.32 Å². The molecule has 0 radical (unpaired) electrons. The molecule has 5 heteroatoms. The fourth-order valence-corrected chi connectivity index (χ4v) is 2.95. The number of aromatic carboxylic acids is 1. The highest BCUT2D eigenvalue weighted by molar-refractivity contribution is 7.99. The van der Waals surface area contributed by atoms with Gasteiger partial charge < -0.3 is 10.4 Å². The van der Waals surface area contributed by atoms with E-state index in [0.717, 1.165) is 5.75 Å². The molecule has 0 bridgehead atoms. The molecule has 0 fully saturated rings. The van der Waals surface area contributed by atoms with Gasteiger partial charge in [0.1, 0.15) is 0 Å². The normalized spacial score (nSPS) is 11.7. The minimum Gasteiger partial charge on any atom is -0.478 e. The lowest BCUT2D eigenvalue weighted by molar-refractivity contribution is -0.115. The standard InChI is InChI=1S/C18H19NO3S/c1-12-15(18(21)22)9-6-10-16(12)19-17(20)13(2)23-11-14-7-4-3-5-8-14/h3-10,13H,11H2,1-2H3,(H,19,20)(H,21,22)/t13-/m1/s1. The lowest BCUT2D eigenvalue weighted by Gasteiger charge is -2.14. The molecule has 0 saturated heterocycles. The Morgan fingerprint density at radius 1 is 1.13 bits per heavy atom. The zero-order valence-electron chi connectivity index (χ0n) is 13.1. The van der Waals surface area contributed by atoms with Crippen LogP contribution in [-0.2, 0) is 10.5 Å². The third-order valence-electron chi connectivity index (χ3n) is 3.53. The summed E-state index contributed by atoms with van der Waals surface area (Å²) in [6, 6.07) is 14.8. The van der Waals surface area contributed by atoms with Crippen LogP contribution in [0.15, 0.2) is 48.5 Å². The van der Waals surface area contributed by atoms with E-state index < -0.39 is 5.97 Å². The zero-order valence-corrected chi connectivity index (χ0v) is 13.9. The van der Waals surface area contributed by atoms with E-state index in [4.69, 9.17) is 5.11 Å². The number of anilines is 1. The molecule has 2 N–H and O–H groups in total. The van der Waals surface area contributed by atoms with Crippen LogP contribution in [-0.4, -0.2) is 22.2 Å². The van der Waals surface area contributed by atoms with Crippen LogP contribution in [0.4, 0.5) is 5.69 Å². The predicted octanol–water partition coefficient (Wildman–Crippen LogP) is 3.95. The molecule has 23 heavy (non-hydrogen) atoms. The quantitative estimate of drug-likeness (QED) is 0.842. The molecular weight excluding hydrogens is 310 g/mol. The second-order valence-corrected chi connectivity index (χ2v) is 6.54. The maximum Gasteiger partial charge on any atom is 0.336 e. The first-order valence-electron chi connectivity index (χ1n) is 7.28. The highest BCUT2D eigenvalue weighted by Crippen LogP contribution is 2.22. The van der Waals surface area contributed by atoms with Gasteiger partial charge in [0.25, 0.3) is 0 Å². The van der Waals surface area contributed by atoms with Gasteiger partial charge >= 0.3 is 5.97 Å². The van der Waals surface area contributed by atoms with Crippen molar-refractivity contribution in [2.45, 2.75) is 24.9 Å². The summed E-state index contributed by atoms with van der Waals surface area (Å²) in [7, 11) is 0. The number of carbonyl (C=O) groups excluding carboxylic acids is 1. The summed E-state index contributed by atoms with van der Waals surface area (Å²) < 4.78 is 0. The number of hydrogen-bond acceptors (Lipinski definition) is 3. The minimum absolute atomic E-state index is 0.128. The van der Waals surface area contributed by atoms with Crippen molar-refractivity contribution in [1.29, 1.82) is 0 Å². The Morgan fingerprint density at radius 2 is 1.83 bits per heavy atom. The van der Waals surface area contributed by atoms with E-state index >= 15 is 0 Å². The number of rotatable bonds is 6. The highest BCUT2D eigenvalue weighted by Gasteiger charge is 2.16. The van der Waals surface area contributed by atoms with Gasteiger partial charge in [-0.1, -0.05) is 36.4 Å². The fraction of sp³-hybridized carbons (Fsp3) is 0.222. The van der Waals surface area contributed by atoms with E-state index in [9.17, 15) is 9.59 Å². The second kappa shape index (κ2) is 7.83. The molecule has 2 aromatic rings. The van der Waals surface area contributed by atoms with Crippen molar-refractivity contribution in [2.75, 3.05) is 5.32 Å². The van der Waals surface area contributed by atoms with Gasteiger partial charge in [0.2, 0.25) is 5.91 Å². The number of carboxylic acid groups (broad SMARTS) is 1. The van der Waals surface area contributed by atoms with Crippen molar-refractivity contribution in [2.24, 2.45) is 0 Å². The molecule has 0 unspecified atom stereocenters. The van der Waals surface area contributed by atoms with Crippen LogP contribution >= 0.6 is 11.8 Å². The van der Waals surface area contributed by atoms with Crippen LogP contribution < -0.4 is 5.32 Å². The molecule has 120 valence electrons. The third-order valence-corrected chi connectivity index (χ3v) is 4.75. The van der Waals surface area contributed by atoms with Gasteiger partial charge in [0.15, 0.2) is 0 Å². The van der Waals surface area contributed by atoms with Crippen molar-refractivity contribution >= 4 is 29.3 Å². The molecule has 2 rings (SSSR count). The van der Waals surface area contributed by atoms with Crippen molar-refractivity contribution in [3.63, 3.8) is 0 Å². The van der Waals surface area contributed by atoms with E-state index in [0.29, 0.717) is 11.3 Å². The number of amides is 1. The lowest BCUT2D eigenvalue weighted by atomic mass is 10.1. The molecule has 0 aliphatic rings. The molecule has 0 aromatic heterocycles. The Labute approximate surface area is 139 Å². The van der Waals surface area contributed by atoms with E-state index in [1.54, 1.807) is 30.8 Å². The summed E-state index contributed by atoms with van der Waals surface area (Å²) >= 11 is 1.54. The van der Waals surface area contributed by atoms with Gasteiger partial charge in [-0.2, -0.15) is 0 Å². The molecule has 1 atom stereocenters. The summed E-state index contributed by atoms with van der Waals surface area (Å²) in [6.45, 7) is 3.54. The number of carboxylic acids is 1. The van der Waals surface area contributed by atoms with Crippen LogP contribution in [0.25, 0.3) is 0 Å². The molecule has 0 heterocycles. The van der Waals surface area contributed by atoms with Crippen LogP contribution in [0, 0.1) is 6.92 Å². The first-order valence-corrected chi connectivity index (χ1v) is 8.33. The van der Waals surface area contributed by atoms with Crippen molar-refractivity contribution in [1.82, 2.24) is 0 Å². The summed E-state index contributed by atoms with van der Waals surface area (Å²) in [5.41, 5.74) is 2.48. The largest absolute Gasteiger partial charge is 0.478 e. The molecule has 1 amide bonds. The van der Waals surface area contributed by atoms with Crippen molar-refractivity contribution in [3.8, 4) is 0 Å². The number of carbonyl (C=O) groups is 2. The summed E-state index contributed by atoms with van der Waals surface area (Å²) in [4.78, 5) is 23.4. The maximum absolute atomic E-state index is 12.3. The molecule has 0 spiro atoms. The first kappa shape index (κ1) is 17.1. The Bertz CT molecular complexity index is 701. The van der Waals surface area contributed by atoms with Crippen molar-refractivity contribution in [3.05, 3.63) is 65.2 Å². The number of thioether (sulfide) groups is 1. The zero-order chi connectivity index (χ0) is 16.8.